The monoisotopic (exact) mass is 764 g/mol. The van der Waals surface area contributed by atoms with Crippen LogP contribution in [0.2, 0.25) is 0 Å². The highest BCUT2D eigenvalue weighted by molar-refractivity contribution is 7.91. The molecule has 53 heavy (non-hydrogen) atoms. The Bertz CT molecular complexity index is 1840. The third-order valence-corrected chi connectivity index (χ3v) is 12.5. The number of amides is 4. The first-order valence-electron chi connectivity index (χ1n) is 18.2. The number of hydrogen-bond acceptors (Lipinski definition) is 10. The number of aromatic nitrogens is 2. The van der Waals surface area contributed by atoms with Gasteiger partial charge in [-0.1, -0.05) is 39.0 Å². The Hall–Kier alpha value is -4.35. The number of alkyl halides is 2. The van der Waals surface area contributed by atoms with Gasteiger partial charge in [0.25, 0.3) is 5.91 Å². The Labute approximate surface area is 306 Å². The minimum Gasteiger partial charge on any atom is -0.497 e. The summed E-state index contributed by atoms with van der Waals surface area (Å²) in [5.74, 6) is -3.92. The van der Waals surface area contributed by atoms with Crippen LogP contribution in [0, 0.1) is 17.8 Å². The molecule has 4 aliphatic rings. The van der Waals surface area contributed by atoms with E-state index in [9.17, 15) is 41.5 Å². The van der Waals surface area contributed by atoms with Crippen molar-refractivity contribution in [2.45, 2.75) is 107 Å². The number of ether oxygens (including phenoxy) is 2. The maximum absolute atomic E-state index is 14.2. The molecule has 4 amide bonds. The smallest absolute Gasteiger partial charge is 0.405 e. The maximum atomic E-state index is 14.2. The van der Waals surface area contributed by atoms with Gasteiger partial charge in [0.15, 0.2) is 0 Å². The highest BCUT2D eigenvalue weighted by Crippen LogP contribution is 2.49. The van der Waals surface area contributed by atoms with Gasteiger partial charge in [-0.25, -0.2) is 32.0 Å². The third-order valence-electron chi connectivity index (χ3n) is 10.7. The van der Waals surface area contributed by atoms with Crippen molar-refractivity contribution in [2.24, 2.45) is 17.8 Å². The number of carbonyl (C=O) groups is 4. The van der Waals surface area contributed by atoms with Crippen LogP contribution in [-0.2, 0) is 30.8 Å². The molecule has 5 atom stereocenters. The number of carboxylic acid groups (broad SMARTS) is 1. The number of fused-ring (bicyclic) bond motifs is 1. The fourth-order valence-electron chi connectivity index (χ4n) is 7.25. The normalized spacial score (nSPS) is 25.3. The van der Waals surface area contributed by atoms with Crippen molar-refractivity contribution < 1.29 is 51.0 Å². The summed E-state index contributed by atoms with van der Waals surface area (Å²) >= 11 is 0. The molecule has 290 valence electrons. The molecule has 2 heterocycles. The van der Waals surface area contributed by atoms with Gasteiger partial charge in [-0.15, -0.1) is 0 Å². The van der Waals surface area contributed by atoms with Gasteiger partial charge in [0.2, 0.25) is 34.1 Å². The average Bonchev–Trinajstić information content (AvgIpc) is 3.99. The molecule has 1 saturated heterocycles. The predicted octanol–water partition coefficient (Wildman–Crippen LogP) is 3.15. The van der Waals surface area contributed by atoms with E-state index >= 15 is 0 Å². The Morgan fingerprint density at radius 3 is 2.45 bits per heavy atom. The second-order valence-corrected chi connectivity index (χ2v) is 16.5. The Morgan fingerprint density at radius 2 is 1.83 bits per heavy atom. The number of carbonyl (C=O) groups excluding carboxylic acids is 3. The second kappa shape index (κ2) is 15.6. The van der Waals surface area contributed by atoms with Crippen LogP contribution < -0.4 is 24.8 Å². The molecule has 1 aromatic heterocycles. The summed E-state index contributed by atoms with van der Waals surface area (Å²) in [6.07, 6.45) is 2.14. The molecule has 3 aliphatic carbocycles. The van der Waals surface area contributed by atoms with Gasteiger partial charge < -0.3 is 30.1 Å². The summed E-state index contributed by atoms with van der Waals surface area (Å²) in [5, 5.41) is 12.8. The van der Waals surface area contributed by atoms with Gasteiger partial charge >= 0.3 is 6.09 Å². The summed E-state index contributed by atoms with van der Waals surface area (Å²) < 4.78 is 67.0. The highest BCUT2D eigenvalue weighted by atomic mass is 32.2. The van der Waals surface area contributed by atoms with Crippen LogP contribution in [0.15, 0.2) is 18.2 Å². The largest absolute Gasteiger partial charge is 0.497 e. The standard InChI is InChI=1S/C35H46F2N6O9S/c1-3-22-27(52-32-25(8-6-4-5-7-19-9-10-19)39-24-14-11-20(51-2)15-26(24)40-32)18-43(28(44)17-38-34(47)48)29(22)31(45)41-35(16-23(35)30(36)37)33(46)42-53(49,50)21-12-13-21/h11,14-15,19,21-23,27,29-30,38H,3-10,12-13,16-18H2,1-2H3,(H,41,45)(H,42,46)(H,47,48)/t22-,23+,27+,29+,35-/m1/s1. The zero-order valence-corrected chi connectivity index (χ0v) is 30.5. The lowest BCUT2D eigenvalue weighted by atomic mass is 9.94. The fraction of sp³-hybridized carbons (Fsp3) is 0.657. The van der Waals surface area contributed by atoms with Crippen molar-refractivity contribution in [3.63, 3.8) is 0 Å². The maximum Gasteiger partial charge on any atom is 0.405 e. The number of methoxy groups -OCH3 is 1. The van der Waals surface area contributed by atoms with Crippen molar-refractivity contribution in [1.29, 1.82) is 0 Å². The van der Waals surface area contributed by atoms with E-state index in [4.69, 9.17) is 19.4 Å². The lowest BCUT2D eigenvalue weighted by molar-refractivity contribution is -0.140. The molecule has 0 spiro atoms. The van der Waals surface area contributed by atoms with E-state index in [-0.39, 0.29) is 18.8 Å². The van der Waals surface area contributed by atoms with Gasteiger partial charge in [-0.3, -0.25) is 19.1 Å². The van der Waals surface area contributed by atoms with E-state index in [2.05, 4.69) is 5.32 Å². The summed E-state index contributed by atoms with van der Waals surface area (Å²) in [5.41, 5.74) is -0.554. The average molecular weight is 765 g/mol. The molecule has 1 aromatic carbocycles. The summed E-state index contributed by atoms with van der Waals surface area (Å²) in [6, 6.07) is 3.87. The molecule has 2 aromatic rings. The predicted molar refractivity (Wildman–Crippen MR) is 186 cm³/mol. The van der Waals surface area contributed by atoms with Crippen molar-refractivity contribution in [3.05, 3.63) is 23.9 Å². The van der Waals surface area contributed by atoms with Crippen LogP contribution in [0.1, 0.15) is 76.8 Å². The molecule has 3 saturated carbocycles. The number of benzene rings is 1. The van der Waals surface area contributed by atoms with Crippen LogP contribution in [0.5, 0.6) is 11.6 Å². The Kier molecular flexibility index (Phi) is 11.3. The van der Waals surface area contributed by atoms with Crippen LogP contribution in [-0.4, -0.2) is 102 Å². The molecule has 0 bridgehead atoms. The Balaban J connectivity index is 1.28. The van der Waals surface area contributed by atoms with E-state index in [1.165, 1.54) is 26.4 Å². The summed E-state index contributed by atoms with van der Waals surface area (Å²) in [6.45, 7) is 0.837. The zero-order chi connectivity index (χ0) is 38.1. The van der Waals surface area contributed by atoms with Gasteiger partial charge in [0.05, 0.1) is 35.9 Å². The minimum absolute atomic E-state index is 0.189. The van der Waals surface area contributed by atoms with Crippen LogP contribution >= 0.6 is 0 Å². The van der Waals surface area contributed by atoms with E-state index < -0.39 is 88.0 Å². The molecule has 6 rings (SSSR count). The number of likely N-dealkylation sites (tertiary alicyclic amines) is 1. The number of halogens is 2. The lowest BCUT2D eigenvalue weighted by Gasteiger charge is -2.29. The molecule has 0 radical (unpaired) electrons. The minimum atomic E-state index is -4.13. The first-order chi connectivity index (χ1) is 25.3. The van der Waals surface area contributed by atoms with E-state index in [0.717, 1.165) is 30.1 Å². The third kappa shape index (κ3) is 8.73. The van der Waals surface area contributed by atoms with Crippen molar-refractivity contribution in [3.8, 4) is 11.6 Å². The summed E-state index contributed by atoms with van der Waals surface area (Å²) in [7, 11) is -2.61. The first-order valence-corrected chi connectivity index (χ1v) is 19.7. The SMILES string of the molecule is CC[C@@H]1[C@@H](Oc2nc3cc(OC)ccc3nc2CCCCCC2CC2)CN(C(=O)CNC(=O)O)[C@@H]1C(=O)N[C@]1(C(=O)NS(=O)(=O)C2CC2)C[C@H]1C(F)F. The quantitative estimate of drug-likeness (QED) is 0.162. The topological polar surface area (TPSA) is 206 Å². The first kappa shape index (κ1) is 38.4. The molecule has 4 N–H and O–H groups in total. The Morgan fingerprint density at radius 1 is 1.08 bits per heavy atom. The van der Waals surface area contributed by atoms with E-state index in [1.807, 2.05) is 10.0 Å². The molecular weight excluding hydrogens is 718 g/mol. The molecule has 1 aliphatic heterocycles. The fourth-order valence-corrected chi connectivity index (χ4v) is 8.62. The molecular formula is C35H46F2N6O9S. The van der Waals surface area contributed by atoms with Crippen LogP contribution in [0.3, 0.4) is 0 Å². The van der Waals surface area contributed by atoms with Crippen LogP contribution in [0.25, 0.3) is 11.0 Å². The number of unbranched alkanes of at least 4 members (excludes halogenated alkanes) is 2. The van der Waals surface area contributed by atoms with Gasteiger partial charge in [0, 0.05) is 12.0 Å². The van der Waals surface area contributed by atoms with Crippen molar-refractivity contribution >= 4 is 44.9 Å². The van der Waals surface area contributed by atoms with Gasteiger partial charge in [0.1, 0.15) is 35.7 Å². The molecule has 0 unspecified atom stereocenters. The number of rotatable bonds is 18. The molecule has 18 heteroatoms. The number of hydrogen-bond donors (Lipinski definition) is 4. The summed E-state index contributed by atoms with van der Waals surface area (Å²) in [4.78, 5) is 63.0. The molecule has 4 fully saturated rings. The van der Waals surface area contributed by atoms with Gasteiger partial charge in [-0.05, 0) is 56.6 Å². The van der Waals surface area contributed by atoms with Gasteiger partial charge in [-0.2, -0.15) is 0 Å². The number of sulfonamides is 1. The van der Waals surface area contributed by atoms with Crippen molar-refractivity contribution in [1.82, 2.24) is 30.2 Å². The van der Waals surface area contributed by atoms with E-state index in [1.54, 1.807) is 25.1 Å². The van der Waals surface area contributed by atoms with Crippen LogP contribution in [0.4, 0.5) is 13.6 Å². The highest BCUT2D eigenvalue weighted by Gasteiger charge is 2.67. The second-order valence-electron chi connectivity index (χ2n) is 14.5. The lowest BCUT2D eigenvalue weighted by Crippen LogP contribution is -2.58. The molecule has 15 nitrogen and oxygen atoms in total. The van der Waals surface area contributed by atoms with E-state index in [0.29, 0.717) is 41.7 Å². The zero-order valence-electron chi connectivity index (χ0n) is 29.7. The number of nitrogens with one attached hydrogen (secondary N) is 3. The number of nitrogens with zero attached hydrogens (tertiary/aromatic N) is 3. The number of aryl methyl sites for hydroxylation is 1. The van der Waals surface area contributed by atoms with Crippen molar-refractivity contribution in [2.75, 3.05) is 20.2 Å².